The highest BCUT2D eigenvalue weighted by Crippen LogP contribution is 2.45. The zero-order valence-electron chi connectivity index (χ0n) is 18.0. The van der Waals surface area contributed by atoms with Gasteiger partial charge < -0.3 is 19.1 Å². The third-order valence-corrected chi connectivity index (χ3v) is 5.89. The first-order chi connectivity index (χ1) is 13.9. The average molecular weight is 395 g/mol. The van der Waals surface area contributed by atoms with Crippen LogP contribution in [0.4, 0.5) is 11.4 Å². The standard InChI is InChI=1S/C24H30N2O3/c1-6-9-26-20-12-22(27-5)17(10-19(20)16(2)13-24(26,3)4)14-25-18-7-8-21-23(11-18)29-15-28-21/h7-8,10-12,14,16H,6,9,13,15H2,1-5H3. The van der Waals surface area contributed by atoms with Crippen LogP contribution in [0.3, 0.4) is 0 Å². The molecule has 29 heavy (non-hydrogen) atoms. The van der Waals surface area contributed by atoms with Crippen LogP contribution in [-0.2, 0) is 0 Å². The van der Waals surface area contributed by atoms with Crippen LogP contribution in [0.1, 0.15) is 57.6 Å². The number of benzene rings is 2. The molecule has 2 aliphatic rings. The maximum absolute atomic E-state index is 5.74. The van der Waals surface area contributed by atoms with Gasteiger partial charge in [-0.25, -0.2) is 0 Å². The number of ether oxygens (including phenoxy) is 3. The number of anilines is 1. The second-order valence-corrected chi connectivity index (χ2v) is 8.52. The Morgan fingerprint density at radius 3 is 2.76 bits per heavy atom. The van der Waals surface area contributed by atoms with Crippen molar-refractivity contribution in [3.05, 3.63) is 41.5 Å². The number of nitrogens with zero attached hydrogens (tertiary/aromatic N) is 2. The summed E-state index contributed by atoms with van der Waals surface area (Å²) in [5.74, 6) is 2.84. The monoisotopic (exact) mass is 394 g/mol. The summed E-state index contributed by atoms with van der Waals surface area (Å²) in [7, 11) is 1.72. The molecule has 0 bridgehead atoms. The van der Waals surface area contributed by atoms with Gasteiger partial charge in [0.1, 0.15) is 5.75 Å². The molecule has 0 aromatic heterocycles. The lowest BCUT2D eigenvalue weighted by Crippen LogP contribution is -2.48. The number of methoxy groups -OCH3 is 1. The van der Waals surface area contributed by atoms with E-state index < -0.39 is 0 Å². The van der Waals surface area contributed by atoms with Crippen molar-refractivity contribution in [1.82, 2.24) is 0 Å². The molecule has 4 rings (SSSR count). The van der Waals surface area contributed by atoms with Crippen LogP contribution in [-0.4, -0.2) is 32.2 Å². The van der Waals surface area contributed by atoms with Crippen LogP contribution >= 0.6 is 0 Å². The minimum absolute atomic E-state index is 0.134. The van der Waals surface area contributed by atoms with Gasteiger partial charge in [0.15, 0.2) is 11.5 Å². The first kappa shape index (κ1) is 19.6. The minimum Gasteiger partial charge on any atom is -0.496 e. The molecular formula is C24H30N2O3. The SMILES string of the molecule is CCCN1c2cc(OC)c(C=Nc3ccc4c(c3)OCO4)cc2C(C)CC1(C)C. The Bertz CT molecular complexity index is 936. The Hall–Kier alpha value is -2.69. The second-order valence-electron chi connectivity index (χ2n) is 8.52. The maximum Gasteiger partial charge on any atom is 0.231 e. The lowest BCUT2D eigenvalue weighted by molar-refractivity contribution is 0.174. The fraction of sp³-hybridized carbons (Fsp3) is 0.458. The highest BCUT2D eigenvalue weighted by molar-refractivity contribution is 5.88. The van der Waals surface area contributed by atoms with E-state index in [9.17, 15) is 0 Å². The summed E-state index contributed by atoms with van der Waals surface area (Å²) in [5, 5.41) is 0. The summed E-state index contributed by atoms with van der Waals surface area (Å²) in [4.78, 5) is 7.20. The third-order valence-electron chi connectivity index (χ3n) is 5.89. The molecule has 0 fully saturated rings. The van der Waals surface area contributed by atoms with Gasteiger partial charge in [-0.05, 0) is 56.4 Å². The van der Waals surface area contributed by atoms with E-state index in [1.54, 1.807) is 7.11 Å². The number of rotatable bonds is 5. The van der Waals surface area contributed by atoms with Crippen molar-refractivity contribution in [2.45, 2.75) is 52.0 Å². The van der Waals surface area contributed by atoms with Crippen LogP contribution < -0.4 is 19.1 Å². The molecule has 2 aromatic rings. The molecule has 0 amide bonds. The lowest BCUT2D eigenvalue weighted by atomic mass is 9.79. The Balaban J connectivity index is 1.71. The predicted molar refractivity (Wildman–Crippen MR) is 118 cm³/mol. The van der Waals surface area contributed by atoms with Crippen molar-refractivity contribution in [2.24, 2.45) is 4.99 Å². The Labute approximate surface area is 173 Å². The van der Waals surface area contributed by atoms with E-state index in [0.717, 1.165) is 47.9 Å². The van der Waals surface area contributed by atoms with Crippen LogP contribution in [0.2, 0.25) is 0 Å². The number of fused-ring (bicyclic) bond motifs is 2. The first-order valence-corrected chi connectivity index (χ1v) is 10.4. The number of hydrogen-bond acceptors (Lipinski definition) is 5. The van der Waals surface area contributed by atoms with Crippen molar-refractivity contribution in [3.63, 3.8) is 0 Å². The lowest BCUT2D eigenvalue weighted by Gasteiger charge is -2.47. The molecule has 0 saturated heterocycles. The van der Waals surface area contributed by atoms with Crippen LogP contribution in [0.15, 0.2) is 35.3 Å². The fourth-order valence-electron chi connectivity index (χ4n) is 4.56. The van der Waals surface area contributed by atoms with Gasteiger partial charge in [0.2, 0.25) is 6.79 Å². The third kappa shape index (κ3) is 3.66. The second kappa shape index (κ2) is 7.62. The van der Waals surface area contributed by atoms with Gasteiger partial charge >= 0.3 is 0 Å². The van der Waals surface area contributed by atoms with Gasteiger partial charge in [-0.1, -0.05) is 13.8 Å². The molecule has 5 nitrogen and oxygen atoms in total. The van der Waals surface area contributed by atoms with E-state index in [0.29, 0.717) is 5.92 Å². The summed E-state index contributed by atoms with van der Waals surface area (Å²) in [6.07, 6.45) is 4.13. The summed E-state index contributed by atoms with van der Waals surface area (Å²) in [5.41, 5.74) is 4.61. The normalized spacial score (nSPS) is 19.5. The quantitative estimate of drug-likeness (QED) is 0.612. The average Bonchev–Trinajstić information content (AvgIpc) is 3.16. The molecule has 0 radical (unpaired) electrons. The van der Waals surface area contributed by atoms with Crippen LogP contribution in [0.25, 0.3) is 0 Å². The summed E-state index contributed by atoms with van der Waals surface area (Å²) in [6.45, 7) is 10.5. The molecule has 1 atom stereocenters. The number of aliphatic imine (C=N–C) groups is 1. The Kier molecular flexibility index (Phi) is 5.15. The van der Waals surface area contributed by atoms with E-state index in [1.807, 2.05) is 24.4 Å². The maximum atomic E-state index is 5.74. The molecular weight excluding hydrogens is 364 g/mol. The number of hydrogen-bond donors (Lipinski definition) is 0. The van der Waals surface area contributed by atoms with Crippen LogP contribution in [0, 0.1) is 0 Å². The first-order valence-electron chi connectivity index (χ1n) is 10.4. The molecule has 0 N–H and O–H groups in total. The summed E-state index contributed by atoms with van der Waals surface area (Å²) in [6, 6.07) is 10.2. The highest BCUT2D eigenvalue weighted by atomic mass is 16.7. The van der Waals surface area contributed by atoms with Gasteiger partial charge in [0.05, 0.1) is 12.8 Å². The van der Waals surface area contributed by atoms with Crippen molar-refractivity contribution >= 4 is 17.6 Å². The van der Waals surface area contributed by atoms with Crippen LogP contribution in [0.5, 0.6) is 17.2 Å². The fourth-order valence-corrected chi connectivity index (χ4v) is 4.56. The van der Waals surface area contributed by atoms with E-state index in [2.05, 4.69) is 49.7 Å². The zero-order chi connectivity index (χ0) is 20.6. The van der Waals surface area contributed by atoms with Gasteiger partial charge in [-0.3, -0.25) is 4.99 Å². The van der Waals surface area contributed by atoms with E-state index >= 15 is 0 Å². The highest BCUT2D eigenvalue weighted by Gasteiger charge is 2.36. The molecule has 154 valence electrons. The molecule has 0 saturated carbocycles. The molecule has 2 heterocycles. The summed E-state index contributed by atoms with van der Waals surface area (Å²) < 4.78 is 16.6. The Morgan fingerprint density at radius 2 is 2.00 bits per heavy atom. The minimum atomic E-state index is 0.134. The molecule has 1 unspecified atom stereocenters. The topological polar surface area (TPSA) is 43.3 Å². The molecule has 2 aromatic carbocycles. The Morgan fingerprint density at radius 1 is 1.21 bits per heavy atom. The predicted octanol–water partition coefficient (Wildman–Crippen LogP) is 5.68. The molecule has 2 aliphatic heterocycles. The van der Waals surface area contributed by atoms with Crippen molar-refractivity contribution < 1.29 is 14.2 Å². The van der Waals surface area contributed by atoms with Gasteiger partial charge in [0, 0.05) is 41.7 Å². The van der Waals surface area contributed by atoms with E-state index in [1.165, 1.54) is 11.3 Å². The molecule has 5 heteroatoms. The summed E-state index contributed by atoms with van der Waals surface area (Å²) >= 11 is 0. The molecule has 0 spiro atoms. The van der Waals surface area contributed by atoms with Gasteiger partial charge in [0.25, 0.3) is 0 Å². The van der Waals surface area contributed by atoms with Gasteiger partial charge in [-0.2, -0.15) is 0 Å². The van der Waals surface area contributed by atoms with Gasteiger partial charge in [-0.15, -0.1) is 0 Å². The largest absolute Gasteiger partial charge is 0.496 e. The van der Waals surface area contributed by atoms with Crippen molar-refractivity contribution in [1.29, 1.82) is 0 Å². The molecule has 0 aliphatic carbocycles. The van der Waals surface area contributed by atoms with E-state index in [4.69, 9.17) is 14.2 Å². The smallest absolute Gasteiger partial charge is 0.231 e. The van der Waals surface area contributed by atoms with Crippen molar-refractivity contribution in [2.75, 3.05) is 25.3 Å². The van der Waals surface area contributed by atoms with Crippen molar-refractivity contribution in [3.8, 4) is 17.2 Å². The zero-order valence-corrected chi connectivity index (χ0v) is 18.0. The van der Waals surface area contributed by atoms with E-state index in [-0.39, 0.29) is 12.3 Å².